The maximum absolute atomic E-state index is 10.8. The summed E-state index contributed by atoms with van der Waals surface area (Å²) in [4.78, 5) is 4.49. The third kappa shape index (κ3) is 4.82. The van der Waals surface area contributed by atoms with Crippen molar-refractivity contribution in [2.75, 3.05) is 13.6 Å². The SMILES string of the molecule is CCN1C=CN(C)C1C.NS(=O)(=O)C(F)(F)F. The molecule has 17 heavy (non-hydrogen) atoms. The molecule has 1 unspecified atom stereocenters. The van der Waals surface area contributed by atoms with Crippen molar-refractivity contribution >= 4 is 10.0 Å². The predicted molar refractivity (Wildman–Crippen MR) is 57.9 cm³/mol. The van der Waals surface area contributed by atoms with Gasteiger partial charge in [-0.3, -0.25) is 0 Å². The van der Waals surface area contributed by atoms with Gasteiger partial charge in [-0.2, -0.15) is 13.2 Å². The van der Waals surface area contributed by atoms with Crippen LogP contribution in [0.5, 0.6) is 0 Å². The molecule has 0 saturated heterocycles. The summed E-state index contributed by atoms with van der Waals surface area (Å²) in [6.07, 6.45) is 4.79. The number of hydrogen-bond donors (Lipinski definition) is 1. The van der Waals surface area contributed by atoms with Gasteiger partial charge in [0.05, 0.1) is 6.17 Å². The molecule has 1 aliphatic heterocycles. The van der Waals surface area contributed by atoms with E-state index in [4.69, 9.17) is 0 Å². The zero-order chi connectivity index (χ0) is 13.9. The maximum Gasteiger partial charge on any atom is 0.511 e. The van der Waals surface area contributed by atoms with Crippen LogP contribution in [-0.2, 0) is 10.0 Å². The van der Waals surface area contributed by atoms with E-state index in [-0.39, 0.29) is 0 Å². The minimum Gasteiger partial charge on any atom is -0.359 e. The topological polar surface area (TPSA) is 66.6 Å². The van der Waals surface area contributed by atoms with Gasteiger partial charge in [0.25, 0.3) is 0 Å². The Morgan fingerprint density at radius 3 is 1.88 bits per heavy atom. The molecular formula is C8H16F3N3O2S. The lowest BCUT2D eigenvalue weighted by molar-refractivity contribution is -0.0436. The average Bonchev–Trinajstić information content (AvgIpc) is 2.45. The van der Waals surface area contributed by atoms with Gasteiger partial charge < -0.3 is 9.80 Å². The number of rotatable bonds is 1. The first-order valence-corrected chi connectivity index (χ1v) is 6.30. The van der Waals surface area contributed by atoms with Crippen molar-refractivity contribution < 1.29 is 21.6 Å². The molecule has 0 aliphatic carbocycles. The summed E-state index contributed by atoms with van der Waals surface area (Å²) >= 11 is 0. The molecule has 0 bridgehead atoms. The second-order valence-corrected chi connectivity index (χ2v) is 4.97. The summed E-state index contributed by atoms with van der Waals surface area (Å²) in [5.41, 5.74) is -5.31. The Balaban J connectivity index is 0.000000304. The Morgan fingerprint density at radius 1 is 1.35 bits per heavy atom. The largest absolute Gasteiger partial charge is 0.511 e. The Kier molecular flexibility index (Phi) is 5.27. The van der Waals surface area contributed by atoms with Crippen molar-refractivity contribution in [3.8, 4) is 0 Å². The highest BCUT2D eigenvalue weighted by molar-refractivity contribution is 7.90. The Labute approximate surface area is 98.7 Å². The molecule has 1 aliphatic rings. The standard InChI is InChI=1S/C7H14N2.CH2F3NO2S/c1-4-9-6-5-8(3)7(9)2;2-1(3,4)8(5,6)7/h5-7H,4H2,1-3H3;(H2,5,6,7). The molecule has 0 radical (unpaired) electrons. The first-order chi connectivity index (χ1) is 7.50. The van der Waals surface area contributed by atoms with Crippen LogP contribution in [0.4, 0.5) is 13.2 Å². The van der Waals surface area contributed by atoms with Gasteiger partial charge in [0, 0.05) is 26.0 Å². The van der Waals surface area contributed by atoms with Gasteiger partial charge in [-0.05, 0) is 13.8 Å². The molecule has 0 amide bonds. The molecule has 102 valence electrons. The Morgan fingerprint density at radius 2 is 1.76 bits per heavy atom. The lowest BCUT2D eigenvalue weighted by atomic mass is 10.5. The molecule has 1 rings (SSSR count). The molecule has 9 heteroatoms. The molecule has 2 N–H and O–H groups in total. The van der Waals surface area contributed by atoms with Crippen LogP contribution in [0, 0.1) is 0 Å². The van der Waals surface area contributed by atoms with Gasteiger partial charge in [0.2, 0.25) is 0 Å². The van der Waals surface area contributed by atoms with Crippen LogP contribution in [0.1, 0.15) is 13.8 Å². The van der Waals surface area contributed by atoms with Crippen molar-refractivity contribution in [2.45, 2.75) is 25.5 Å². The summed E-state index contributed by atoms with van der Waals surface area (Å²) in [6.45, 7) is 5.46. The highest BCUT2D eigenvalue weighted by atomic mass is 32.2. The van der Waals surface area contributed by atoms with Gasteiger partial charge in [-0.15, -0.1) is 0 Å². The zero-order valence-corrected chi connectivity index (χ0v) is 10.6. The molecular weight excluding hydrogens is 259 g/mol. The first-order valence-electron chi connectivity index (χ1n) is 4.75. The fraction of sp³-hybridized carbons (Fsp3) is 0.750. The van der Waals surface area contributed by atoms with Gasteiger partial charge in [0.1, 0.15) is 0 Å². The third-order valence-corrected chi connectivity index (χ3v) is 2.90. The molecule has 1 heterocycles. The lowest BCUT2D eigenvalue weighted by Crippen LogP contribution is -2.33. The molecule has 5 nitrogen and oxygen atoms in total. The minimum atomic E-state index is -5.34. The number of primary sulfonamides is 1. The van der Waals surface area contributed by atoms with Crippen LogP contribution in [0.3, 0.4) is 0 Å². The molecule has 0 saturated carbocycles. The van der Waals surface area contributed by atoms with E-state index in [1.54, 1.807) is 0 Å². The molecule has 0 aromatic rings. The normalized spacial score (nSPS) is 20.3. The molecule has 1 atom stereocenters. The second kappa shape index (κ2) is 5.58. The van der Waals surface area contributed by atoms with Crippen molar-refractivity contribution in [3.63, 3.8) is 0 Å². The van der Waals surface area contributed by atoms with Crippen molar-refractivity contribution in [1.29, 1.82) is 0 Å². The summed E-state index contributed by atoms with van der Waals surface area (Å²) in [7, 11) is -3.25. The molecule has 0 aromatic carbocycles. The monoisotopic (exact) mass is 275 g/mol. The summed E-state index contributed by atoms with van der Waals surface area (Å²) in [6, 6.07) is 0. The smallest absolute Gasteiger partial charge is 0.359 e. The van der Waals surface area contributed by atoms with Crippen LogP contribution in [-0.4, -0.2) is 43.5 Å². The number of nitrogens with zero attached hydrogens (tertiary/aromatic N) is 2. The van der Waals surface area contributed by atoms with E-state index >= 15 is 0 Å². The van der Waals surface area contributed by atoms with Crippen molar-refractivity contribution in [2.24, 2.45) is 5.14 Å². The van der Waals surface area contributed by atoms with Crippen LogP contribution >= 0.6 is 0 Å². The van der Waals surface area contributed by atoms with E-state index in [0.717, 1.165) is 6.54 Å². The lowest BCUT2D eigenvalue weighted by Gasteiger charge is -2.25. The quantitative estimate of drug-likeness (QED) is 0.771. The van der Waals surface area contributed by atoms with E-state index in [1.807, 2.05) is 0 Å². The van der Waals surface area contributed by atoms with Crippen LogP contribution in [0.2, 0.25) is 0 Å². The van der Waals surface area contributed by atoms with E-state index in [0.29, 0.717) is 6.17 Å². The van der Waals surface area contributed by atoms with Crippen LogP contribution < -0.4 is 5.14 Å². The van der Waals surface area contributed by atoms with Crippen LogP contribution in [0.25, 0.3) is 0 Å². The summed E-state index contributed by atoms with van der Waals surface area (Å²) in [5.74, 6) is 0. The van der Waals surface area contributed by atoms with E-state index in [1.165, 1.54) is 0 Å². The van der Waals surface area contributed by atoms with Gasteiger partial charge in [0.15, 0.2) is 0 Å². The van der Waals surface area contributed by atoms with E-state index in [2.05, 4.69) is 48.2 Å². The second-order valence-electron chi connectivity index (χ2n) is 3.42. The number of sulfonamides is 1. The number of hydrogen-bond acceptors (Lipinski definition) is 4. The summed E-state index contributed by atoms with van der Waals surface area (Å²) < 4.78 is 51.2. The average molecular weight is 275 g/mol. The van der Waals surface area contributed by atoms with Gasteiger partial charge >= 0.3 is 15.5 Å². The fourth-order valence-corrected chi connectivity index (χ4v) is 1.04. The van der Waals surface area contributed by atoms with Crippen molar-refractivity contribution in [1.82, 2.24) is 9.80 Å². The fourth-order valence-electron chi connectivity index (χ4n) is 1.04. The molecule has 0 fully saturated rings. The summed E-state index contributed by atoms with van der Waals surface area (Å²) in [5, 5.41) is 3.66. The number of halogens is 3. The highest BCUT2D eigenvalue weighted by Gasteiger charge is 2.42. The number of nitrogens with two attached hydrogens (primary N) is 1. The van der Waals surface area contributed by atoms with Gasteiger partial charge in [-0.25, -0.2) is 13.6 Å². The Bertz CT molecular complexity index is 367. The number of alkyl halides is 3. The third-order valence-electron chi connectivity index (χ3n) is 2.25. The van der Waals surface area contributed by atoms with Gasteiger partial charge in [-0.1, -0.05) is 0 Å². The Hall–Kier alpha value is -0.960. The zero-order valence-electron chi connectivity index (χ0n) is 9.77. The maximum atomic E-state index is 10.8. The van der Waals surface area contributed by atoms with Crippen molar-refractivity contribution in [3.05, 3.63) is 12.4 Å². The van der Waals surface area contributed by atoms with E-state index < -0.39 is 15.5 Å². The molecule has 0 spiro atoms. The highest BCUT2D eigenvalue weighted by Crippen LogP contribution is 2.18. The van der Waals surface area contributed by atoms with E-state index in [9.17, 15) is 21.6 Å². The predicted octanol–water partition coefficient (Wildman–Crippen LogP) is 0.866. The van der Waals surface area contributed by atoms with Crippen LogP contribution in [0.15, 0.2) is 12.4 Å². The first kappa shape index (κ1) is 16.0. The molecule has 0 aromatic heterocycles. The minimum absolute atomic E-state index is 0.551.